The lowest BCUT2D eigenvalue weighted by Crippen LogP contribution is -2.38. The molecule has 12 heteroatoms. The molecule has 2 N–H and O–H groups in total. The van der Waals surface area contributed by atoms with Crippen LogP contribution in [0.5, 0.6) is 0 Å². The quantitative estimate of drug-likeness (QED) is 0.221. The summed E-state index contributed by atoms with van der Waals surface area (Å²) in [5, 5.41) is 21.8. The topological polar surface area (TPSA) is 92.5 Å². The van der Waals surface area contributed by atoms with Gasteiger partial charge in [-0.15, -0.1) is 22.7 Å². The van der Waals surface area contributed by atoms with E-state index in [-0.39, 0.29) is 10.7 Å². The molecule has 0 amide bonds. The van der Waals surface area contributed by atoms with Gasteiger partial charge in [-0.2, -0.15) is 0 Å². The number of nitrogens with zero attached hydrogens (tertiary/aromatic N) is 2. The molecule has 0 spiro atoms. The molecule has 2 aromatic heterocycles. The highest BCUT2D eigenvalue weighted by Crippen LogP contribution is 2.47. The number of benzene rings is 2. The molecule has 0 bridgehead atoms. The number of ether oxygens (including phenoxy) is 1. The number of cyclic esters (lactones) is 1. The van der Waals surface area contributed by atoms with Crippen LogP contribution >= 0.6 is 69.4 Å². The first-order chi connectivity index (χ1) is 15.4. The minimum atomic E-state index is -1.40. The van der Waals surface area contributed by atoms with Crippen molar-refractivity contribution >= 4 is 95.8 Å². The Morgan fingerprint density at radius 2 is 1.59 bits per heavy atom. The normalized spacial score (nSPS) is 18.8. The molecule has 6 nitrogen and oxygen atoms in total. The molecule has 5 rings (SSSR count). The van der Waals surface area contributed by atoms with Crippen molar-refractivity contribution in [3.63, 3.8) is 0 Å². The number of thiazole rings is 2. The monoisotopic (exact) mass is 542 g/mol. The number of esters is 1. The molecule has 0 radical (unpaired) electrons. The lowest BCUT2D eigenvalue weighted by atomic mass is 10.1. The van der Waals surface area contributed by atoms with Crippen LogP contribution in [0.4, 0.5) is 0 Å². The van der Waals surface area contributed by atoms with E-state index in [0.29, 0.717) is 19.9 Å². The van der Waals surface area contributed by atoms with Crippen molar-refractivity contribution in [2.75, 3.05) is 12.4 Å². The fourth-order valence-electron chi connectivity index (χ4n) is 3.10. The van der Waals surface area contributed by atoms with Crippen LogP contribution in [0.1, 0.15) is 0 Å². The minimum absolute atomic E-state index is 0.173. The van der Waals surface area contributed by atoms with Crippen LogP contribution in [-0.2, 0) is 9.53 Å². The summed E-state index contributed by atoms with van der Waals surface area (Å²) in [4.78, 5) is 21.5. The van der Waals surface area contributed by atoms with Crippen molar-refractivity contribution in [1.29, 1.82) is 0 Å². The van der Waals surface area contributed by atoms with E-state index in [0.717, 1.165) is 31.0 Å². The zero-order valence-electron chi connectivity index (χ0n) is 15.9. The number of fused-ring (bicyclic) bond motifs is 2. The summed E-state index contributed by atoms with van der Waals surface area (Å²) >= 11 is 17.4. The molecule has 0 saturated heterocycles. The molecule has 2 aromatic carbocycles. The molecule has 3 heterocycles. The van der Waals surface area contributed by atoms with Crippen LogP contribution in [0, 0.1) is 0 Å². The summed E-state index contributed by atoms with van der Waals surface area (Å²) in [6.45, 7) is -0.494. The molecule has 1 aliphatic heterocycles. The summed E-state index contributed by atoms with van der Waals surface area (Å²) < 4.78 is 8.68. The number of aliphatic hydroxyl groups is 2. The van der Waals surface area contributed by atoms with E-state index < -0.39 is 23.9 Å². The molecule has 1 aliphatic rings. The van der Waals surface area contributed by atoms with Crippen molar-refractivity contribution in [3.8, 4) is 0 Å². The van der Waals surface area contributed by atoms with Crippen molar-refractivity contribution in [2.24, 2.45) is 0 Å². The molecular weight excluding hydrogens is 531 g/mol. The largest absolute Gasteiger partial charge is 0.501 e. The molecule has 1 atom stereocenters. The third-order valence-corrected chi connectivity index (χ3v) is 9.86. The lowest BCUT2D eigenvalue weighted by molar-refractivity contribution is -0.149. The molecule has 0 saturated carbocycles. The Kier molecular flexibility index (Phi) is 6.04. The Morgan fingerprint density at radius 3 is 2.22 bits per heavy atom. The predicted octanol–water partition coefficient (Wildman–Crippen LogP) is 6.15. The number of aliphatic hydroxyl groups excluding tert-OH is 2. The maximum absolute atomic E-state index is 12.2. The number of hydrogen-bond acceptors (Lipinski definition) is 10. The Hall–Kier alpha value is -1.53. The zero-order chi connectivity index (χ0) is 22.5. The van der Waals surface area contributed by atoms with Gasteiger partial charge in [0, 0.05) is 15.8 Å². The molecule has 0 aliphatic carbocycles. The predicted molar refractivity (Wildman–Crippen MR) is 131 cm³/mol. The third-order valence-electron chi connectivity index (χ3n) is 4.64. The standard InChI is InChI=1S/C20H12Cl2N2O4S4/c21-9-1-3-13-11(5-9)23-18(30-13)29-8-20(7-25)16(15(26)17(27)28-20)32-19-24-12-6-10(22)2-4-14(12)31-19/h1-6,25-26H,7-8H2. The minimum Gasteiger partial charge on any atom is -0.501 e. The number of carbonyl (C=O) groups excluding carboxylic acids is 1. The molecule has 1 unspecified atom stereocenters. The number of thioether (sulfide) groups is 2. The number of hydrogen-bond donors (Lipinski definition) is 2. The number of halogens is 2. The highest BCUT2D eigenvalue weighted by Gasteiger charge is 2.49. The van der Waals surface area contributed by atoms with Crippen LogP contribution < -0.4 is 0 Å². The fourth-order valence-corrected chi connectivity index (χ4v) is 7.92. The van der Waals surface area contributed by atoms with Crippen LogP contribution in [0.3, 0.4) is 0 Å². The van der Waals surface area contributed by atoms with E-state index >= 15 is 0 Å². The Bertz CT molecular complexity index is 1400. The second kappa shape index (κ2) is 8.68. The maximum atomic E-state index is 12.2. The average Bonchev–Trinajstić information content (AvgIpc) is 3.42. The summed E-state index contributed by atoms with van der Waals surface area (Å²) in [5.74, 6) is -1.22. The number of rotatable bonds is 6. The van der Waals surface area contributed by atoms with Gasteiger partial charge in [0.1, 0.15) is 0 Å². The van der Waals surface area contributed by atoms with Crippen molar-refractivity contribution in [3.05, 3.63) is 57.1 Å². The fraction of sp³-hybridized carbons (Fsp3) is 0.150. The van der Waals surface area contributed by atoms with Gasteiger partial charge in [-0.1, -0.05) is 46.7 Å². The summed E-state index contributed by atoms with van der Waals surface area (Å²) in [6.07, 6.45) is 0. The van der Waals surface area contributed by atoms with Crippen molar-refractivity contribution in [2.45, 2.75) is 14.3 Å². The van der Waals surface area contributed by atoms with Gasteiger partial charge < -0.3 is 14.9 Å². The van der Waals surface area contributed by atoms with Gasteiger partial charge in [0.05, 0.1) is 31.9 Å². The van der Waals surface area contributed by atoms with Crippen LogP contribution in [0.15, 0.2) is 55.7 Å². The van der Waals surface area contributed by atoms with E-state index in [9.17, 15) is 15.0 Å². The van der Waals surface area contributed by atoms with E-state index in [4.69, 9.17) is 27.9 Å². The summed E-state index contributed by atoms with van der Waals surface area (Å²) in [7, 11) is 0. The van der Waals surface area contributed by atoms with Gasteiger partial charge in [-0.05, 0) is 36.4 Å². The Morgan fingerprint density at radius 1 is 1.00 bits per heavy atom. The lowest BCUT2D eigenvalue weighted by Gasteiger charge is -2.26. The van der Waals surface area contributed by atoms with Crippen molar-refractivity contribution in [1.82, 2.24) is 9.97 Å². The maximum Gasteiger partial charge on any atom is 0.375 e. The Balaban J connectivity index is 1.43. The molecule has 0 fully saturated rings. The smallest absolute Gasteiger partial charge is 0.375 e. The van der Waals surface area contributed by atoms with E-state index in [2.05, 4.69) is 9.97 Å². The summed E-state index contributed by atoms with van der Waals surface area (Å²) in [6, 6.07) is 10.8. The molecule has 4 aromatic rings. The third kappa shape index (κ3) is 4.09. The second-order valence-electron chi connectivity index (χ2n) is 6.79. The highest BCUT2D eigenvalue weighted by atomic mass is 35.5. The van der Waals surface area contributed by atoms with Gasteiger partial charge >= 0.3 is 5.97 Å². The first-order valence-electron chi connectivity index (χ1n) is 9.08. The highest BCUT2D eigenvalue weighted by molar-refractivity contribution is 8.05. The van der Waals surface area contributed by atoms with Gasteiger partial charge in [0.15, 0.2) is 14.3 Å². The van der Waals surface area contributed by atoms with Crippen molar-refractivity contribution < 1.29 is 19.7 Å². The average molecular weight is 544 g/mol. The zero-order valence-corrected chi connectivity index (χ0v) is 20.7. The number of carbonyl (C=O) groups is 1. The van der Waals surface area contributed by atoms with Crippen LogP contribution in [0.25, 0.3) is 20.4 Å². The SMILES string of the molecule is O=C1OC(CO)(CSc2nc3cc(Cl)ccc3s2)C(Sc2nc3cc(Cl)ccc3s2)=C1O. The molecule has 32 heavy (non-hydrogen) atoms. The first-order valence-corrected chi connectivity index (χ1v) is 13.3. The van der Waals surface area contributed by atoms with Gasteiger partial charge in [-0.3, -0.25) is 0 Å². The first kappa shape index (κ1) is 22.3. The van der Waals surface area contributed by atoms with Gasteiger partial charge in [-0.25, -0.2) is 14.8 Å². The second-order valence-corrected chi connectivity index (χ2v) is 12.2. The van der Waals surface area contributed by atoms with Crippen LogP contribution in [0.2, 0.25) is 10.0 Å². The number of aromatic nitrogens is 2. The molecular formula is C20H12Cl2N2O4S4. The van der Waals surface area contributed by atoms with Gasteiger partial charge in [0.2, 0.25) is 5.76 Å². The van der Waals surface area contributed by atoms with E-state index in [1.165, 1.54) is 34.4 Å². The molecule has 164 valence electrons. The Labute approximate surface area is 208 Å². The van der Waals surface area contributed by atoms with E-state index in [1.807, 2.05) is 12.1 Å². The van der Waals surface area contributed by atoms with Gasteiger partial charge in [0.25, 0.3) is 0 Å². The van der Waals surface area contributed by atoms with E-state index in [1.54, 1.807) is 24.3 Å². The van der Waals surface area contributed by atoms with Crippen LogP contribution in [-0.4, -0.2) is 44.1 Å². The summed E-state index contributed by atoms with van der Waals surface area (Å²) in [5.41, 5.74) is 0.0848.